The second-order valence-corrected chi connectivity index (χ2v) is 7.59. The summed E-state index contributed by atoms with van der Waals surface area (Å²) in [5, 5.41) is 0. The molecule has 112 valence electrons. The third-order valence-electron chi connectivity index (χ3n) is 3.22. The number of nitrogen functional groups attached to an aromatic ring is 1. The van der Waals surface area contributed by atoms with Crippen LogP contribution in [0.15, 0.2) is 21.5 Å². The number of sulfonamides is 1. The van der Waals surface area contributed by atoms with Crippen LogP contribution in [0.4, 0.5) is 10.1 Å². The fourth-order valence-electron chi connectivity index (χ4n) is 2.08. The number of likely N-dealkylation sites (N-methyl/N-ethyl adjacent to an activating group) is 1. The van der Waals surface area contributed by atoms with Gasteiger partial charge in [-0.2, -0.15) is 4.31 Å². The van der Waals surface area contributed by atoms with Crippen LogP contribution in [0.5, 0.6) is 0 Å². The number of benzene rings is 1. The maximum Gasteiger partial charge on any atom is 0.245 e. The quantitative estimate of drug-likeness (QED) is 0.826. The highest BCUT2D eigenvalue weighted by atomic mass is 79.9. The van der Waals surface area contributed by atoms with Crippen LogP contribution in [0.1, 0.15) is 12.8 Å². The molecule has 0 spiro atoms. The highest BCUT2D eigenvalue weighted by molar-refractivity contribution is 9.10. The third kappa shape index (κ3) is 3.13. The molecule has 5 nitrogen and oxygen atoms in total. The van der Waals surface area contributed by atoms with E-state index in [0.717, 1.165) is 29.3 Å². The number of hydrogen-bond acceptors (Lipinski definition) is 4. The topological polar surface area (TPSA) is 72.6 Å². The summed E-state index contributed by atoms with van der Waals surface area (Å²) in [4.78, 5) is -0.418. The van der Waals surface area contributed by atoms with E-state index in [-0.39, 0.29) is 18.3 Å². The minimum atomic E-state index is -3.92. The number of nitrogens with zero attached hydrogens (tertiary/aromatic N) is 1. The van der Waals surface area contributed by atoms with E-state index in [2.05, 4.69) is 15.9 Å². The summed E-state index contributed by atoms with van der Waals surface area (Å²) in [6.07, 6.45) is 1.59. The van der Waals surface area contributed by atoms with Crippen LogP contribution in [-0.4, -0.2) is 39.0 Å². The number of rotatable bonds is 4. The maximum atomic E-state index is 13.9. The molecule has 20 heavy (non-hydrogen) atoms. The zero-order chi connectivity index (χ0) is 14.9. The molecule has 1 unspecified atom stereocenters. The molecule has 0 aliphatic carbocycles. The van der Waals surface area contributed by atoms with Gasteiger partial charge >= 0.3 is 0 Å². The molecule has 1 saturated heterocycles. The highest BCUT2D eigenvalue weighted by Gasteiger charge is 2.28. The van der Waals surface area contributed by atoms with Crippen LogP contribution >= 0.6 is 15.9 Å². The highest BCUT2D eigenvalue weighted by Crippen LogP contribution is 2.28. The second-order valence-electron chi connectivity index (χ2n) is 4.72. The zero-order valence-corrected chi connectivity index (χ0v) is 13.4. The molecule has 0 saturated carbocycles. The predicted molar refractivity (Wildman–Crippen MR) is 77.3 cm³/mol. The minimum Gasteiger partial charge on any atom is -0.398 e. The number of halogens is 2. The molecule has 1 fully saturated rings. The van der Waals surface area contributed by atoms with E-state index in [1.54, 1.807) is 0 Å². The molecular weight excluding hydrogens is 351 g/mol. The van der Waals surface area contributed by atoms with Gasteiger partial charge in [0.05, 0.1) is 6.10 Å². The Morgan fingerprint density at radius 3 is 2.85 bits per heavy atom. The molecular formula is C12H16BrFN2O3S. The van der Waals surface area contributed by atoms with Gasteiger partial charge in [0.25, 0.3) is 0 Å². The summed E-state index contributed by atoms with van der Waals surface area (Å²) in [5.41, 5.74) is 5.81. The monoisotopic (exact) mass is 366 g/mol. The molecule has 8 heteroatoms. The first-order chi connectivity index (χ1) is 9.32. The van der Waals surface area contributed by atoms with Crippen molar-refractivity contribution in [2.45, 2.75) is 23.8 Å². The van der Waals surface area contributed by atoms with E-state index in [1.807, 2.05) is 0 Å². The Balaban J connectivity index is 2.27. The summed E-state index contributed by atoms with van der Waals surface area (Å²) < 4.78 is 45.4. The first kappa shape index (κ1) is 15.7. The summed E-state index contributed by atoms with van der Waals surface area (Å²) in [7, 11) is -2.51. The Hall–Kier alpha value is -0.700. The van der Waals surface area contributed by atoms with Gasteiger partial charge in [-0.25, -0.2) is 12.8 Å². The lowest BCUT2D eigenvalue weighted by molar-refractivity contribution is 0.0978. The van der Waals surface area contributed by atoms with Crippen LogP contribution < -0.4 is 5.73 Å². The summed E-state index contributed by atoms with van der Waals surface area (Å²) >= 11 is 3.06. The van der Waals surface area contributed by atoms with Gasteiger partial charge < -0.3 is 10.5 Å². The Bertz CT molecular complexity index is 603. The molecule has 2 N–H and O–H groups in total. The van der Waals surface area contributed by atoms with Gasteiger partial charge in [-0.3, -0.25) is 0 Å². The Labute approximate surface area is 126 Å². The van der Waals surface area contributed by atoms with Crippen LogP contribution in [-0.2, 0) is 14.8 Å². The predicted octanol–water partition coefficient (Wildman–Crippen LogP) is 1.97. The SMILES string of the molecule is CN(CC1CCCO1)S(=O)(=O)c1cc(N)c(Br)cc1F. The molecule has 0 aromatic heterocycles. The maximum absolute atomic E-state index is 13.9. The van der Waals surface area contributed by atoms with Crippen molar-refractivity contribution in [2.75, 3.05) is 25.9 Å². The summed E-state index contributed by atoms with van der Waals surface area (Å²) in [5.74, 6) is -0.828. The molecule has 0 radical (unpaired) electrons. The van der Waals surface area contributed by atoms with E-state index in [0.29, 0.717) is 11.1 Å². The van der Waals surface area contributed by atoms with E-state index in [1.165, 1.54) is 7.05 Å². The number of hydrogen-bond donors (Lipinski definition) is 1. The van der Waals surface area contributed by atoms with E-state index >= 15 is 0 Å². The van der Waals surface area contributed by atoms with Crippen LogP contribution in [0.3, 0.4) is 0 Å². The lowest BCUT2D eigenvalue weighted by Crippen LogP contribution is -2.34. The average Bonchev–Trinajstić information content (AvgIpc) is 2.86. The normalized spacial score (nSPS) is 19.7. The average molecular weight is 367 g/mol. The summed E-state index contributed by atoms with van der Waals surface area (Å²) in [6, 6.07) is 2.18. The zero-order valence-electron chi connectivity index (χ0n) is 11.0. The molecule has 1 aliphatic rings. The third-order valence-corrected chi connectivity index (χ3v) is 5.75. The van der Waals surface area contributed by atoms with Crippen molar-refractivity contribution < 1.29 is 17.5 Å². The van der Waals surface area contributed by atoms with E-state index in [9.17, 15) is 12.8 Å². The van der Waals surface area contributed by atoms with Crippen LogP contribution in [0.25, 0.3) is 0 Å². The van der Waals surface area contributed by atoms with Gasteiger partial charge in [-0.1, -0.05) is 0 Å². The van der Waals surface area contributed by atoms with Crippen molar-refractivity contribution in [1.82, 2.24) is 4.31 Å². The first-order valence-electron chi connectivity index (χ1n) is 6.15. The molecule has 1 aromatic carbocycles. The molecule has 0 bridgehead atoms. The second kappa shape index (κ2) is 5.97. The van der Waals surface area contributed by atoms with Crippen LogP contribution in [0, 0.1) is 5.82 Å². The van der Waals surface area contributed by atoms with Crippen molar-refractivity contribution in [1.29, 1.82) is 0 Å². The Morgan fingerprint density at radius 1 is 1.55 bits per heavy atom. The largest absolute Gasteiger partial charge is 0.398 e. The van der Waals surface area contributed by atoms with Crippen molar-refractivity contribution in [3.63, 3.8) is 0 Å². The lowest BCUT2D eigenvalue weighted by atomic mass is 10.2. The van der Waals surface area contributed by atoms with Gasteiger partial charge in [-0.05, 0) is 40.9 Å². The lowest BCUT2D eigenvalue weighted by Gasteiger charge is -2.21. The number of anilines is 1. The van der Waals surface area contributed by atoms with Crippen molar-refractivity contribution in [3.05, 3.63) is 22.4 Å². The van der Waals surface area contributed by atoms with E-state index in [4.69, 9.17) is 10.5 Å². The number of ether oxygens (including phenoxy) is 1. The standard InChI is InChI=1S/C12H16BrFN2O3S/c1-16(7-8-3-2-4-19-8)20(17,18)12-6-11(15)9(13)5-10(12)14/h5-6,8H,2-4,7,15H2,1H3. The molecule has 1 atom stereocenters. The smallest absolute Gasteiger partial charge is 0.245 e. The van der Waals surface area contributed by atoms with Gasteiger partial charge in [0, 0.05) is 30.4 Å². The van der Waals surface area contributed by atoms with Crippen molar-refractivity contribution in [3.8, 4) is 0 Å². The number of nitrogens with two attached hydrogens (primary N) is 1. The molecule has 0 amide bonds. The van der Waals surface area contributed by atoms with Gasteiger partial charge in [0.15, 0.2) is 0 Å². The fourth-order valence-corrected chi connectivity index (χ4v) is 3.68. The Kier molecular flexibility index (Phi) is 4.68. The molecule has 2 rings (SSSR count). The first-order valence-corrected chi connectivity index (χ1v) is 8.38. The minimum absolute atomic E-state index is 0.134. The van der Waals surface area contributed by atoms with Crippen molar-refractivity contribution >= 4 is 31.6 Å². The molecule has 1 aliphatic heterocycles. The fraction of sp³-hybridized carbons (Fsp3) is 0.500. The van der Waals surface area contributed by atoms with Gasteiger partial charge in [0.2, 0.25) is 10.0 Å². The molecule has 1 aromatic rings. The summed E-state index contributed by atoms with van der Waals surface area (Å²) in [6.45, 7) is 0.843. The van der Waals surface area contributed by atoms with Gasteiger partial charge in [0.1, 0.15) is 10.7 Å². The van der Waals surface area contributed by atoms with E-state index < -0.39 is 20.7 Å². The van der Waals surface area contributed by atoms with Crippen LogP contribution in [0.2, 0.25) is 0 Å². The van der Waals surface area contributed by atoms with Gasteiger partial charge in [-0.15, -0.1) is 0 Å². The van der Waals surface area contributed by atoms with Crippen molar-refractivity contribution in [2.24, 2.45) is 0 Å². The Morgan fingerprint density at radius 2 is 2.25 bits per heavy atom. The molecule has 1 heterocycles.